The molecule has 0 saturated carbocycles. The Balaban J connectivity index is 1.59. The first-order valence-corrected chi connectivity index (χ1v) is 8.48. The molecular formula is C19H22N4O2. The maximum atomic E-state index is 6.56. The Labute approximate surface area is 146 Å². The fourth-order valence-corrected chi connectivity index (χ4v) is 3.17. The Kier molecular flexibility index (Phi) is 4.07. The second kappa shape index (κ2) is 6.38. The van der Waals surface area contributed by atoms with Gasteiger partial charge in [-0.3, -0.25) is 0 Å². The van der Waals surface area contributed by atoms with Crippen LogP contribution in [0.2, 0.25) is 0 Å². The third-order valence-corrected chi connectivity index (χ3v) is 4.72. The van der Waals surface area contributed by atoms with Crippen LogP contribution in [0, 0.1) is 0 Å². The van der Waals surface area contributed by atoms with Crippen molar-refractivity contribution < 1.29 is 9.47 Å². The van der Waals surface area contributed by atoms with Crippen LogP contribution in [0.15, 0.2) is 42.5 Å². The van der Waals surface area contributed by atoms with E-state index in [1.165, 1.54) is 0 Å². The summed E-state index contributed by atoms with van der Waals surface area (Å²) in [5.41, 5.74) is 8.01. The summed E-state index contributed by atoms with van der Waals surface area (Å²) in [4.78, 5) is 8.11. The summed E-state index contributed by atoms with van der Waals surface area (Å²) in [7, 11) is 1.64. The molecular weight excluding hydrogens is 316 g/mol. The van der Waals surface area contributed by atoms with Crippen LogP contribution < -0.4 is 20.5 Å². The summed E-state index contributed by atoms with van der Waals surface area (Å²) in [6, 6.07) is 13.3. The normalized spacial score (nSPS) is 16.7. The van der Waals surface area contributed by atoms with Crippen molar-refractivity contribution in [1.29, 1.82) is 0 Å². The Hall–Kier alpha value is -2.57. The lowest BCUT2D eigenvalue weighted by atomic mass is 9.89. The molecule has 0 atom stereocenters. The number of nitrogens with zero attached hydrogens (tertiary/aromatic N) is 1. The van der Waals surface area contributed by atoms with Gasteiger partial charge in [0.05, 0.1) is 23.7 Å². The molecule has 2 heterocycles. The first kappa shape index (κ1) is 15.9. The molecule has 0 unspecified atom stereocenters. The molecule has 1 aliphatic heterocycles. The number of rotatable bonds is 4. The number of methoxy groups -OCH3 is 1. The van der Waals surface area contributed by atoms with E-state index in [-0.39, 0.29) is 5.54 Å². The summed E-state index contributed by atoms with van der Waals surface area (Å²) in [6.07, 6.45) is 1.75. The molecule has 2 aromatic carbocycles. The van der Waals surface area contributed by atoms with Crippen molar-refractivity contribution in [2.24, 2.45) is 5.73 Å². The van der Waals surface area contributed by atoms with E-state index in [0.29, 0.717) is 0 Å². The minimum absolute atomic E-state index is 0.388. The molecule has 0 bridgehead atoms. The predicted octanol–water partition coefficient (Wildman–Crippen LogP) is 2.90. The van der Waals surface area contributed by atoms with Crippen molar-refractivity contribution >= 4 is 11.0 Å². The number of hydrogen-bond donors (Lipinski definition) is 3. The Morgan fingerprint density at radius 3 is 2.40 bits per heavy atom. The van der Waals surface area contributed by atoms with Crippen LogP contribution in [0.3, 0.4) is 0 Å². The third kappa shape index (κ3) is 3.18. The lowest BCUT2D eigenvalue weighted by Gasteiger charge is -2.31. The zero-order valence-corrected chi connectivity index (χ0v) is 14.2. The van der Waals surface area contributed by atoms with Crippen molar-refractivity contribution in [2.75, 3.05) is 20.2 Å². The summed E-state index contributed by atoms with van der Waals surface area (Å²) in [5.74, 6) is 3.15. The first-order chi connectivity index (χ1) is 12.2. The third-order valence-electron chi connectivity index (χ3n) is 4.72. The quantitative estimate of drug-likeness (QED) is 0.681. The average molecular weight is 338 g/mol. The number of imidazole rings is 1. The predicted molar refractivity (Wildman–Crippen MR) is 97.1 cm³/mol. The molecule has 0 aliphatic carbocycles. The van der Waals surface area contributed by atoms with Crippen molar-refractivity contribution in [3.8, 4) is 17.2 Å². The van der Waals surface area contributed by atoms with E-state index in [2.05, 4.69) is 10.3 Å². The van der Waals surface area contributed by atoms with Gasteiger partial charge in [0.1, 0.15) is 23.1 Å². The lowest BCUT2D eigenvalue weighted by Crippen LogP contribution is -2.47. The number of fused-ring (bicyclic) bond motifs is 1. The molecule has 1 saturated heterocycles. The molecule has 0 amide bonds. The molecule has 3 aromatic rings. The molecule has 4 rings (SSSR count). The van der Waals surface area contributed by atoms with Gasteiger partial charge >= 0.3 is 0 Å². The Morgan fingerprint density at radius 2 is 1.68 bits per heavy atom. The minimum Gasteiger partial charge on any atom is -0.497 e. The molecule has 1 fully saturated rings. The van der Waals surface area contributed by atoms with E-state index in [1.54, 1.807) is 7.11 Å². The Morgan fingerprint density at radius 1 is 1.00 bits per heavy atom. The maximum Gasteiger partial charge on any atom is 0.129 e. The van der Waals surface area contributed by atoms with Crippen molar-refractivity contribution in [1.82, 2.24) is 15.3 Å². The minimum atomic E-state index is -0.388. The lowest BCUT2D eigenvalue weighted by molar-refractivity contribution is 0.304. The number of piperidine rings is 1. The fourth-order valence-electron chi connectivity index (χ4n) is 3.17. The van der Waals surface area contributed by atoms with Crippen molar-refractivity contribution in [2.45, 2.75) is 18.4 Å². The van der Waals surface area contributed by atoms with E-state index in [9.17, 15) is 0 Å². The van der Waals surface area contributed by atoms with E-state index >= 15 is 0 Å². The van der Waals surface area contributed by atoms with Crippen LogP contribution in [0.4, 0.5) is 0 Å². The van der Waals surface area contributed by atoms with Crippen LogP contribution in [-0.4, -0.2) is 30.2 Å². The standard InChI is InChI=1S/C19H22N4O2/c1-24-13-2-4-14(5-3-13)25-15-6-7-16-17(12-15)23-18(22-16)19(20)8-10-21-11-9-19/h2-7,12,21H,8-11,20H2,1H3,(H,22,23). The summed E-state index contributed by atoms with van der Waals surface area (Å²) < 4.78 is 11.1. The summed E-state index contributed by atoms with van der Waals surface area (Å²) in [5, 5.41) is 3.34. The highest BCUT2D eigenvalue weighted by atomic mass is 16.5. The molecule has 25 heavy (non-hydrogen) atoms. The number of benzene rings is 2. The second-order valence-electron chi connectivity index (χ2n) is 6.45. The maximum absolute atomic E-state index is 6.56. The molecule has 1 aliphatic rings. The van der Waals surface area contributed by atoms with Gasteiger partial charge in [-0.05, 0) is 62.3 Å². The van der Waals surface area contributed by atoms with Gasteiger partial charge in [-0.2, -0.15) is 0 Å². The van der Waals surface area contributed by atoms with Crippen LogP contribution in [0.25, 0.3) is 11.0 Å². The van der Waals surface area contributed by atoms with Gasteiger partial charge in [0.25, 0.3) is 0 Å². The smallest absolute Gasteiger partial charge is 0.129 e. The molecule has 0 spiro atoms. The summed E-state index contributed by atoms with van der Waals surface area (Å²) >= 11 is 0. The van der Waals surface area contributed by atoms with Gasteiger partial charge in [-0.1, -0.05) is 0 Å². The van der Waals surface area contributed by atoms with Crippen LogP contribution in [-0.2, 0) is 5.54 Å². The number of nitrogens with two attached hydrogens (primary N) is 1. The first-order valence-electron chi connectivity index (χ1n) is 8.48. The molecule has 6 nitrogen and oxygen atoms in total. The number of H-pyrrole nitrogens is 1. The monoisotopic (exact) mass is 338 g/mol. The van der Waals surface area contributed by atoms with Gasteiger partial charge in [-0.15, -0.1) is 0 Å². The zero-order chi connectivity index (χ0) is 17.3. The fraction of sp³-hybridized carbons (Fsp3) is 0.316. The van der Waals surface area contributed by atoms with Crippen LogP contribution in [0.1, 0.15) is 18.7 Å². The van der Waals surface area contributed by atoms with Crippen LogP contribution in [0.5, 0.6) is 17.2 Å². The largest absolute Gasteiger partial charge is 0.497 e. The number of aromatic nitrogens is 2. The van der Waals surface area contributed by atoms with Gasteiger partial charge in [-0.25, -0.2) is 4.98 Å². The highest BCUT2D eigenvalue weighted by molar-refractivity contribution is 5.77. The zero-order valence-electron chi connectivity index (χ0n) is 14.2. The molecule has 6 heteroatoms. The average Bonchev–Trinajstić information content (AvgIpc) is 3.07. The van der Waals surface area contributed by atoms with Crippen LogP contribution >= 0.6 is 0 Å². The highest BCUT2D eigenvalue weighted by Crippen LogP contribution is 2.30. The molecule has 1 aromatic heterocycles. The SMILES string of the molecule is COc1ccc(Oc2ccc3[nH]c(C4(N)CCNCC4)nc3c2)cc1. The molecule has 130 valence electrons. The van der Waals surface area contributed by atoms with E-state index in [4.69, 9.17) is 20.2 Å². The number of nitrogens with one attached hydrogen (secondary N) is 2. The van der Waals surface area contributed by atoms with Gasteiger partial charge in [0.2, 0.25) is 0 Å². The van der Waals surface area contributed by atoms with E-state index in [0.717, 1.165) is 60.0 Å². The Bertz CT molecular complexity index is 867. The number of aromatic amines is 1. The van der Waals surface area contributed by atoms with Crippen molar-refractivity contribution in [3.63, 3.8) is 0 Å². The topological polar surface area (TPSA) is 85.2 Å². The van der Waals surface area contributed by atoms with Gasteiger partial charge in [0.15, 0.2) is 0 Å². The van der Waals surface area contributed by atoms with E-state index < -0.39 is 0 Å². The van der Waals surface area contributed by atoms with Crippen molar-refractivity contribution in [3.05, 3.63) is 48.3 Å². The second-order valence-corrected chi connectivity index (χ2v) is 6.45. The number of hydrogen-bond acceptors (Lipinski definition) is 5. The number of ether oxygens (including phenoxy) is 2. The molecule has 0 radical (unpaired) electrons. The highest BCUT2D eigenvalue weighted by Gasteiger charge is 2.32. The van der Waals surface area contributed by atoms with Gasteiger partial charge in [0, 0.05) is 6.07 Å². The molecule has 4 N–H and O–H groups in total. The van der Waals surface area contributed by atoms with Gasteiger partial charge < -0.3 is 25.5 Å². The summed E-state index contributed by atoms with van der Waals surface area (Å²) in [6.45, 7) is 1.83. The van der Waals surface area contributed by atoms with E-state index in [1.807, 2.05) is 42.5 Å².